The quantitative estimate of drug-likeness (QED) is 0.592. The normalized spacial score (nSPS) is 9.95. The molecule has 0 fully saturated rings. The summed E-state index contributed by atoms with van der Waals surface area (Å²) in [5.41, 5.74) is -0.739. The number of carbonyl (C=O) groups excluding carboxylic acids is 1. The van der Waals surface area contributed by atoms with E-state index in [1.807, 2.05) is 0 Å². The first-order valence-electron chi connectivity index (χ1n) is 6.27. The highest BCUT2D eigenvalue weighted by atomic mass is 16.6. The number of amides is 1. The molecule has 0 aromatic heterocycles. The van der Waals surface area contributed by atoms with Crippen molar-refractivity contribution < 1.29 is 29.1 Å². The first-order chi connectivity index (χ1) is 10.3. The molecule has 0 heterocycles. The van der Waals surface area contributed by atoms with Crippen molar-refractivity contribution in [3.05, 3.63) is 27.8 Å². The van der Waals surface area contributed by atoms with Crippen molar-refractivity contribution in [3.63, 3.8) is 0 Å². The molecule has 22 heavy (non-hydrogen) atoms. The van der Waals surface area contributed by atoms with E-state index >= 15 is 0 Å². The van der Waals surface area contributed by atoms with Gasteiger partial charge in [-0.05, 0) is 6.92 Å². The van der Waals surface area contributed by atoms with Crippen molar-refractivity contribution in [1.82, 2.24) is 4.90 Å². The third kappa shape index (κ3) is 3.62. The molecule has 0 aliphatic carbocycles. The second-order valence-corrected chi connectivity index (χ2v) is 4.19. The number of likely N-dealkylation sites (N-methyl/N-ethyl adjacent to an activating group) is 1. The van der Waals surface area contributed by atoms with Crippen molar-refractivity contribution >= 4 is 17.6 Å². The highest BCUT2D eigenvalue weighted by molar-refractivity contribution is 6.00. The van der Waals surface area contributed by atoms with Crippen LogP contribution in [-0.4, -0.2) is 54.1 Å². The summed E-state index contributed by atoms with van der Waals surface area (Å²) in [6.45, 7) is 1.12. The zero-order valence-corrected chi connectivity index (χ0v) is 12.4. The number of ether oxygens (including phenoxy) is 2. The average molecular weight is 312 g/mol. The number of hydrogen-bond acceptors (Lipinski definition) is 6. The molecule has 120 valence electrons. The maximum Gasteiger partial charge on any atom is 0.323 e. The van der Waals surface area contributed by atoms with Crippen LogP contribution < -0.4 is 9.47 Å². The standard InChI is InChI=1S/C13H16N2O7/c1-4-14(7-12(16)17)13(18)8-5-10(21-2)11(22-3)6-9(8)15(19)20/h5-6H,4,7H2,1-3H3,(H,16,17). The number of nitro groups is 1. The molecule has 1 amide bonds. The zero-order valence-electron chi connectivity index (χ0n) is 12.4. The Kier molecular flexibility index (Phi) is 5.67. The van der Waals surface area contributed by atoms with Gasteiger partial charge in [0.15, 0.2) is 11.5 Å². The lowest BCUT2D eigenvalue weighted by Crippen LogP contribution is -2.35. The molecule has 9 nitrogen and oxygen atoms in total. The minimum absolute atomic E-state index is 0.0939. The Morgan fingerprint density at radius 2 is 1.82 bits per heavy atom. The highest BCUT2D eigenvalue weighted by Crippen LogP contribution is 2.35. The number of aliphatic carboxylic acids is 1. The van der Waals surface area contributed by atoms with E-state index in [1.165, 1.54) is 20.3 Å². The molecule has 0 radical (unpaired) electrons. The molecule has 0 saturated carbocycles. The lowest BCUT2D eigenvalue weighted by Gasteiger charge is -2.19. The van der Waals surface area contributed by atoms with Gasteiger partial charge in [-0.25, -0.2) is 0 Å². The average Bonchev–Trinajstić information content (AvgIpc) is 2.50. The summed E-state index contributed by atoms with van der Waals surface area (Å²) in [6, 6.07) is 2.24. The van der Waals surface area contributed by atoms with E-state index in [0.717, 1.165) is 11.0 Å². The van der Waals surface area contributed by atoms with E-state index < -0.39 is 29.0 Å². The smallest absolute Gasteiger partial charge is 0.323 e. The molecule has 1 N–H and O–H groups in total. The van der Waals surface area contributed by atoms with Crippen LogP contribution >= 0.6 is 0 Å². The van der Waals surface area contributed by atoms with Gasteiger partial charge in [-0.1, -0.05) is 0 Å². The number of hydrogen-bond donors (Lipinski definition) is 1. The van der Waals surface area contributed by atoms with Crippen LogP contribution in [-0.2, 0) is 4.79 Å². The van der Waals surface area contributed by atoms with Gasteiger partial charge in [0, 0.05) is 12.6 Å². The maximum absolute atomic E-state index is 12.4. The molecule has 0 bridgehead atoms. The summed E-state index contributed by atoms with van der Waals surface area (Å²) in [4.78, 5) is 34.5. The Morgan fingerprint density at radius 1 is 1.27 bits per heavy atom. The minimum atomic E-state index is -1.21. The lowest BCUT2D eigenvalue weighted by molar-refractivity contribution is -0.385. The molecule has 1 aromatic rings. The topological polar surface area (TPSA) is 119 Å². The van der Waals surface area contributed by atoms with Crippen LogP contribution in [0.5, 0.6) is 11.5 Å². The highest BCUT2D eigenvalue weighted by Gasteiger charge is 2.28. The van der Waals surface area contributed by atoms with E-state index in [1.54, 1.807) is 6.92 Å². The Labute approximate surface area is 126 Å². The first kappa shape index (κ1) is 17.2. The number of carboxylic acid groups (broad SMARTS) is 1. The molecule has 0 saturated heterocycles. The van der Waals surface area contributed by atoms with Crippen LogP contribution in [0.4, 0.5) is 5.69 Å². The lowest BCUT2D eigenvalue weighted by atomic mass is 10.1. The predicted molar refractivity (Wildman–Crippen MR) is 75.4 cm³/mol. The molecular formula is C13H16N2O7. The number of nitro benzene ring substituents is 1. The van der Waals surface area contributed by atoms with Gasteiger partial charge in [0.05, 0.1) is 25.2 Å². The Hall–Kier alpha value is -2.84. The summed E-state index contributed by atoms with van der Waals surface area (Å²) in [6.07, 6.45) is 0. The molecule has 1 aromatic carbocycles. The molecule has 0 atom stereocenters. The van der Waals surface area contributed by atoms with Crippen molar-refractivity contribution in [2.75, 3.05) is 27.3 Å². The summed E-state index contributed by atoms with van der Waals surface area (Å²) < 4.78 is 9.99. The van der Waals surface area contributed by atoms with E-state index in [-0.39, 0.29) is 23.6 Å². The number of rotatable bonds is 7. The number of carbonyl (C=O) groups is 2. The first-order valence-corrected chi connectivity index (χ1v) is 6.27. The van der Waals surface area contributed by atoms with Crippen LogP contribution in [0.3, 0.4) is 0 Å². The third-order valence-electron chi connectivity index (χ3n) is 2.92. The number of benzene rings is 1. The van der Waals surface area contributed by atoms with Gasteiger partial charge in [0.2, 0.25) is 0 Å². The van der Waals surface area contributed by atoms with Crippen molar-refractivity contribution in [2.45, 2.75) is 6.92 Å². The summed E-state index contributed by atoms with van der Waals surface area (Å²) in [5, 5.41) is 19.9. The second kappa shape index (κ2) is 7.25. The molecule has 1 rings (SSSR count). The summed E-state index contributed by atoms with van der Waals surface area (Å²) >= 11 is 0. The Morgan fingerprint density at radius 3 is 2.23 bits per heavy atom. The summed E-state index contributed by atoms with van der Waals surface area (Å²) in [5.74, 6) is -1.73. The van der Waals surface area contributed by atoms with Gasteiger partial charge in [-0.2, -0.15) is 0 Å². The van der Waals surface area contributed by atoms with Gasteiger partial charge < -0.3 is 19.5 Å². The SMILES string of the molecule is CCN(CC(=O)O)C(=O)c1cc(OC)c(OC)cc1[N+](=O)[O-]. The van der Waals surface area contributed by atoms with Crippen LogP contribution in [0, 0.1) is 10.1 Å². The second-order valence-electron chi connectivity index (χ2n) is 4.19. The van der Waals surface area contributed by atoms with Crippen LogP contribution in [0.1, 0.15) is 17.3 Å². The number of nitrogens with zero attached hydrogens (tertiary/aromatic N) is 2. The zero-order chi connectivity index (χ0) is 16.9. The van der Waals surface area contributed by atoms with Crippen LogP contribution in [0.25, 0.3) is 0 Å². The fourth-order valence-corrected chi connectivity index (χ4v) is 1.85. The van der Waals surface area contributed by atoms with Crippen molar-refractivity contribution in [1.29, 1.82) is 0 Å². The van der Waals surface area contributed by atoms with Gasteiger partial charge in [0.25, 0.3) is 11.6 Å². The third-order valence-corrected chi connectivity index (χ3v) is 2.92. The number of carboxylic acids is 1. The van der Waals surface area contributed by atoms with E-state index in [0.29, 0.717) is 0 Å². The molecule has 0 aliphatic heterocycles. The predicted octanol–water partition coefficient (Wildman–Crippen LogP) is 1.16. The fourth-order valence-electron chi connectivity index (χ4n) is 1.85. The Balaban J connectivity index is 3.39. The van der Waals surface area contributed by atoms with E-state index in [9.17, 15) is 19.7 Å². The molecule has 9 heteroatoms. The maximum atomic E-state index is 12.4. The number of methoxy groups -OCH3 is 2. The van der Waals surface area contributed by atoms with Crippen LogP contribution in [0.15, 0.2) is 12.1 Å². The van der Waals surface area contributed by atoms with Gasteiger partial charge in [-0.15, -0.1) is 0 Å². The Bertz CT molecular complexity index is 600. The molecule has 0 unspecified atom stereocenters. The van der Waals surface area contributed by atoms with E-state index in [2.05, 4.69) is 0 Å². The van der Waals surface area contributed by atoms with Gasteiger partial charge >= 0.3 is 5.97 Å². The van der Waals surface area contributed by atoms with Crippen LogP contribution in [0.2, 0.25) is 0 Å². The molecular weight excluding hydrogens is 296 g/mol. The summed E-state index contributed by atoms with van der Waals surface area (Å²) in [7, 11) is 2.64. The fraction of sp³-hybridized carbons (Fsp3) is 0.385. The van der Waals surface area contributed by atoms with E-state index in [4.69, 9.17) is 14.6 Å². The van der Waals surface area contributed by atoms with Gasteiger partial charge in [0.1, 0.15) is 12.1 Å². The van der Waals surface area contributed by atoms with Crippen molar-refractivity contribution in [2.24, 2.45) is 0 Å². The molecule has 0 aliphatic rings. The largest absolute Gasteiger partial charge is 0.493 e. The minimum Gasteiger partial charge on any atom is -0.493 e. The molecule has 0 spiro atoms. The van der Waals surface area contributed by atoms with Crippen molar-refractivity contribution in [3.8, 4) is 11.5 Å². The van der Waals surface area contributed by atoms with Gasteiger partial charge in [-0.3, -0.25) is 19.7 Å². The monoisotopic (exact) mass is 312 g/mol.